The zero-order chi connectivity index (χ0) is 23.3. The van der Waals surface area contributed by atoms with Crippen molar-refractivity contribution >= 4 is 23.3 Å². The van der Waals surface area contributed by atoms with Crippen LogP contribution in [-0.2, 0) is 19.7 Å². The summed E-state index contributed by atoms with van der Waals surface area (Å²) in [6, 6.07) is 12.7. The Bertz CT molecular complexity index is 1380. The predicted octanol–water partition coefficient (Wildman–Crippen LogP) is 2.35. The van der Waals surface area contributed by atoms with Gasteiger partial charge in [-0.1, -0.05) is 30.3 Å². The first-order valence-electron chi connectivity index (χ1n) is 9.99. The summed E-state index contributed by atoms with van der Waals surface area (Å²) in [5, 5.41) is 21.1. The van der Waals surface area contributed by atoms with E-state index in [-0.39, 0.29) is 40.9 Å². The van der Waals surface area contributed by atoms with Crippen LogP contribution in [0.5, 0.6) is 5.88 Å². The summed E-state index contributed by atoms with van der Waals surface area (Å²) in [4.78, 5) is 37.6. The molecule has 2 aliphatic rings. The molecule has 0 saturated heterocycles. The zero-order valence-electron chi connectivity index (χ0n) is 17.2. The molecule has 0 unspecified atom stereocenters. The fraction of sp³-hybridized carbons (Fsp3) is 0.136. The van der Waals surface area contributed by atoms with E-state index in [0.717, 1.165) is 0 Å². The van der Waals surface area contributed by atoms with Crippen molar-refractivity contribution in [2.45, 2.75) is 12.3 Å². The number of nitro benzene ring substituents is 1. The average Bonchev–Trinajstić information content (AvgIpc) is 3.34. The first-order valence-corrected chi connectivity index (χ1v) is 9.99. The number of aromatic amines is 1. The van der Waals surface area contributed by atoms with Crippen LogP contribution in [0, 0.1) is 10.1 Å². The molecular formula is C22H17N5O6. The summed E-state index contributed by atoms with van der Waals surface area (Å²) in [6.45, 7) is 1.68. The average molecular weight is 447 g/mol. The standard InChI is InChI=1S/C22H17N5O6/c1-2-32-20(28)16-18(23)33-19-15(22(16)13-8-3-4-9-14(13)24-21(22)29)17(25-26-19)11-6-5-7-12(10-11)27(30)31/h3-10H,2,23H2,1H3,(H,24,29)(H,25,26)/t22-/m0/s1. The number of nitrogens with zero attached hydrogens (tertiary/aromatic N) is 2. The molecular weight excluding hydrogens is 430 g/mol. The number of para-hydroxylation sites is 1. The highest BCUT2D eigenvalue weighted by Crippen LogP contribution is 2.55. The van der Waals surface area contributed by atoms with Crippen LogP contribution in [-0.4, -0.2) is 33.6 Å². The number of carbonyl (C=O) groups is 2. The van der Waals surface area contributed by atoms with Gasteiger partial charge in [-0.25, -0.2) is 4.79 Å². The molecule has 0 saturated carbocycles. The number of nitro groups is 1. The Hall–Kier alpha value is -4.67. The van der Waals surface area contributed by atoms with Crippen molar-refractivity contribution in [1.29, 1.82) is 0 Å². The molecule has 2 aromatic carbocycles. The van der Waals surface area contributed by atoms with Crippen LogP contribution < -0.4 is 15.8 Å². The highest BCUT2D eigenvalue weighted by molar-refractivity contribution is 6.18. The van der Waals surface area contributed by atoms with Crippen molar-refractivity contribution in [1.82, 2.24) is 10.2 Å². The van der Waals surface area contributed by atoms with Gasteiger partial charge in [-0.2, -0.15) is 0 Å². The lowest BCUT2D eigenvalue weighted by Gasteiger charge is -2.33. The van der Waals surface area contributed by atoms with E-state index in [2.05, 4.69) is 15.5 Å². The number of esters is 1. The van der Waals surface area contributed by atoms with Gasteiger partial charge in [-0.05, 0) is 13.0 Å². The maximum Gasteiger partial charge on any atom is 0.341 e. The monoisotopic (exact) mass is 447 g/mol. The molecule has 5 rings (SSSR count). The van der Waals surface area contributed by atoms with Gasteiger partial charge in [0.15, 0.2) is 0 Å². The minimum atomic E-state index is -1.74. The molecule has 3 heterocycles. The lowest BCUT2D eigenvalue weighted by molar-refractivity contribution is -0.384. The van der Waals surface area contributed by atoms with Crippen LogP contribution in [0.1, 0.15) is 18.1 Å². The molecule has 0 aliphatic carbocycles. The number of benzene rings is 2. The number of H-pyrrole nitrogens is 1. The van der Waals surface area contributed by atoms with Gasteiger partial charge in [0, 0.05) is 28.9 Å². The highest BCUT2D eigenvalue weighted by Gasteiger charge is 2.60. The third-order valence-electron chi connectivity index (χ3n) is 5.68. The normalized spacial score (nSPS) is 18.4. The molecule has 11 nitrogen and oxygen atoms in total. The number of hydrogen-bond donors (Lipinski definition) is 3. The van der Waals surface area contributed by atoms with Crippen LogP contribution in [0.4, 0.5) is 11.4 Å². The van der Waals surface area contributed by atoms with E-state index in [9.17, 15) is 19.7 Å². The highest BCUT2D eigenvalue weighted by atomic mass is 16.6. The summed E-state index contributed by atoms with van der Waals surface area (Å²) in [7, 11) is 0. The Morgan fingerprint density at radius 1 is 1.27 bits per heavy atom. The fourth-order valence-electron chi connectivity index (χ4n) is 4.41. The zero-order valence-corrected chi connectivity index (χ0v) is 17.2. The van der Waals surface area contributed by atoms with E-state index in [1.807, 2.05) is 0 Å². The molecule has 3 aromatic rings. The molecule has 166 valence electrons. The second kappa shape index (κ2) is 7.19. The van der Waals surface area contributed by atoms with E-state index in [1.54, 1.807) is 37.3 Å². The van der Waals surface area contributed by atoms with Gasteiger partial charge in [0.25, 0.3) is 5.69 Å². The summed E-state index contributed by atoms with van der Waals surface area (Å²) < 4.78 is 10.9. The quantitative estimate of drug-likeness (QED) is 0.312. The third kappa shape index (κ3) is 2.72. The van der Waals surface area contributed by atoms with E-state index >= 15 is 0 Å². The van der Waals surface area contributed by atoms with E-state index < -0.39 is 22.2 Å². The largest absolute Gasteiger partial charge is 0.462 e. The van der Waals surface area contributed by atoms with Crippen molar-refractivity contribution in [2.24, 2.45) is 5.73 Å². The summed E-state index contributed by atoms with van der Waals surface area (Å²) >= 11 is 0. The molecule has 0 fully saturated rings. The number of amides is 1. The second-order valence-electron chi connectivity index (χ2n) is 7.40. The minimum Gasteiger partial charge on any atom is -0.462 e. The first-order chi connectivity index (χ1) is 15.9. The van der Waals surface area contributed by atoms with Gasteiger partial charge in [0.05, 0.1) is 22.8 Å². The van der Waals surface area contributed by atoms with Crippen molar-refractivity contribution in [2.75, 3.05) is 11.9 Å². The summed E-state index contributed by atoms with van der Waals surface area (Å²) in [6.07, 6.45) is 0. The lowest BCUT2D eigenvalue weighted by atomic mass is 9.68. The van der Waals surface area contributed by atoms with Crippen molar-refractivity contribution < 1.29 is 24.0 Å². The Kier molecular flexibility index (Phi) is 4.41. The van der Waals surface area contributed by atoms with Crippen LogP contribution >= 0.6 is 0 Å². The Morgan fingerprint density at radius 2 is 2.06 bits per heavy atom. The first kappa shape index (κ1) is 20.2. The van der Waals surface area contributed by atoms with Crippen LogP contribution in [0.25, 0.3) is 11.3 Å². The van der Waals surface area contributed by atoms with Gasteiger partial charge in [0.1, 0.15) is 11.0 Å². The molecule has 2 aliphatic heterocycles. The summed E-state index contributed by atoms with van der Waals surface area (Å²) in [5.41, 5.74) is 5.86. The summed E-state index contributed by atoms with van der Waals surface area (Å²) in [5.74, 6) is -1.70. The smallest absolute Gasteiger partial charge is 0.341 e. The fourth-order valence-corrected chi connectivity index (χ4v) is 4.41. The number of hydrogen-bond acceptors (Lipinski definition) is 8. The number of non-ortho nitro benzene ring substituents is 1. The number of carbonyl (C=O) groups excluding carboxylic acids is 2. The Labute approximate surface area is 186 Å². The SMILES string of the molecule is CCOC(=O)C1=C(N)Oc2n[nH]c(-c3cccc([N+](=O)[O-])c3)c2[C@]12C(=O)Nc1ccccc12. The van der Waals surface area contributed by atoms with Crippen molar-refractivity contribution in [3.63, 3.8) is 0 Å². The van der Waals surface area contributed by atoms with Gasteiger partial charge in [0.2, 0.25) is 17.7 Å². The van der Waals surface area contributed by atoms with E-state index in [1.165, 1.54) is 18.2 Å². The van der Waals surface area contributed by atoms with Crippen LogP contribution in [0.3, 0.4) is 0 Å². The molecule has 4 N–H and O–H groups in total. The topological polar surface area (TPSA) is 162 Å². The van der Waals surface area contributed by atoms with E-state index in [0.29, 0.717) is 16.8 Å². The van der Waals surface area contributed by atoms with Gasteiger partial charge in [-0.15, -0.1) is 5.10 Å². The Morgan fingerprint density at radius 3 is 2.82 bits per heavy atom. The number of ether oxygens (including phenoxy) is 2. The van der Waals surface area contributed by atoms with Crippen LogP contribution in [0.2, 0.25) is 0 Å². The van der Waals surface area contributed by atoms with Crippen molar-refractivity contribution in [3.05, 3.63) is 81.2 Å². The number of rotatable bonds is 4. The number of nitrogens with two attached hydrogens (primary N) is 1. The molecule has 0 bridgehead atoms. The van der Waals surface area contributed by atoms with Crippen LogP contribution in [0.15, 0.2) is 60.0 Å². The molecule has 1 spiro atoms. The number of nitrogens with one attached hydrogen (secondary N) is 2. The number of aromatic nitrogens is 2. The molecule has 11 heteroatoms. The minimum absolute atomic E-state index is 0.0195. The van der Waals surface area contributed by atoms with Gasteiger partial charge >= 0.3 is 5.97 Å². The molecule has 1 aromatic heterocycles. The number of fused-ring (bicyclic) bond motifs is 4. The van der Waals surface area contributed by atoms with E-state index in [4.69, 9.17) is 15.2 Å². The predicted molar refractivity (Wildman–Crippen MR) is 115 cm³/mol. The second-order valence-corrected chi connectivity index (χ2v) is 7.40. The molecule has 1 amide bonds. The maximum absolute atomic E-state index is 13.7. The number of anilines is 1. The lowest BCUT2D eigenvalue weighted by Crippen LogP contribution is -2.46. The molecule has 0 radical (unpaired) electrons. The van der Waals surface area contributed by atoms with Gasteiger partial charge < -0.3 is 20.5 Å². The maximum atomic E-state index is 13.7. The molecule has 33 heavy (non-hydrogen) atoms. The van der Waals surface area contributed by atoms with Crippen molar-refractivity contribution in [3.8, 4) is 17.1 Å². The van der Waals surface area contributed by atoms with Gasteiger partial charge in [-0.3, -0.25) is 20.0 Å². The third-order valence-corrected chi connectivity index (χ3v) is 5.68. The molecule has 1 atom stereocenters. The Balaban J connectivity index is 1.85.